The molecule has 3 aromatic carbocycles. The van der Waals surface area contributed by atoms with E-state index in [4.69, 9.17) is 0 Å². The Labute approximate surface area is 192 Å². The highest BCUT2D eigenvalue weighted by Gasteiger charge is 2.13. The number of benzene rings is 3. The number of nitro benzene ring substituents is 1. The van der Waals surface area contributed by atoms with Gasteiger partial charge in [-0.05, 0) is 42.5 Å². The number of hydrogen-bond acceptors (Lipinski definition) is 4. The molecule has 0 unspecified atom stereocenters. The number of halogens is 1. The lowest BCUT2D eigenvalue weighted by Gasteiger charge is -2.05. The number of nitro groups is 1. The third-order valence-corrected chi connectivity index (χ3v) is 5.55. The Morgan fingerprint density at radius 2 is 1.72 bits per heavy atom. The molecule has 4 rings (SSSR count). The van der Waals surface area contributed by atoms with Crippen LogP contribution < -0.4 is 0 Å². The van der Waals surface area contributed by atoms with Gasteiger partial charge in [-0.2, -0.15) is 0 Å². The number of allylic oxidation sites excluding steroid dienone is 1. The normalized spacial score (nSPS) is 11.2. The lowest BCUT2D eigenvalue weighted by Crippen LogP contribution is -2.09. The predicted molar refractivity (Wildman–Crippen MR) is 127 cm³/mol. The lowest BCUT2D eigenvalue weighted by molar-refractivity contribution is -0.384. The fourth-order valence-corrected chi connectivity index (χ4v) is 3.86. The molecule has 0 atom stereocenters. The summed E-state index contributed by atoms with van der Waals surface area (Å²) in [5.41, 5.74) is 2.59. The van der Waals surface area contributed by atoms with Crippen LogP contribution in [0.3, 0.4) is 0 Å². The van der Waals surface area contributed by atoms with Gasteiger partial charge < -0.3 is 4.57 Å². The van der Waals surface area contributed by atoms with E-state index < -0.39 is 4.92 Å². The third-order valence-electron chi connectivity index (χ3n) is 5.06. The van der Waals surface area contributed by atoms with Crippen molar-refractivity contribution in [2.24, 2.45) is 0 Å². The largest absolute Gasteiger partial charge is 0.339 e. The molecule has 1 aromatic heterocycles. The summed E-state index contributed by atoms with van der Waals surface area (Å²) in [5, 5.41) is 11.7. The number of ketones is 2. The van der Waals surface area contributed by atoms with E-state index in [1.54, 1.807) is 24.3 Å². The molecule has 0 spiro atoms. The van der Waals surface area contributed by atoms with Crippen molar-refractivity contribution in [2.75, 3.05) is 0 Å². The molecule has 0 aliphatic rings. The van der Waals surface area contributed by atoms with Crippen LogP contribution in [0.4, 0.5) is 5.69 Å². The highest BCUT2D eigenvalue weighted by Crippen LogP contribution is 2.24. The number of nitrogens with zero attached hydrogens (tertiary/aromatic N) is 2. The Morgan fingerprint density at radius 1 is 0.969 bits per heavy atom. The number of hydrogen-bond donors (Lipinski definition) is 0. The maximum atomic E-state index is 12.8. The van der Waals surface area contributed by atoms with Crippen molar-refractivity contribution < 1.29 is 14.5 Å². The Morgan fingerprint density at radius 3 is 2.44 bits per heavy atom. The number of carbonyl (C=O) groups excluding carboxylic acids is 2. The van der Waals surface area contributed by atoms with E-state index in [0.29, 0.717) is 11.1 Å². The first-order chi connectivity index (χ1) is 15.4. The summed E-state index contributed by atoms with van der Waals surface area (Å²) in [6.45, 7) is 0.0751. The van der Waals surface area contributed by atoms with E-state index in [-0.39, 0.29) is 23.8 Å². The molecule has 0 bridgehead atoms. The van der Waals surface area contributed by atoms with Crippen LogP contribution in [0.2, 0.25) is 0 Å². The molecule has 4 aromatic rings. The van der Waals surface area contributed by atoms with Gasteiger partial charge in [-0.25, -0.2) is 0 Å². The second-order valence-electron chi connectivity index (χ2n) is 7.16. The molecule has 0 N–H and O–H groups in total. The molecule has 32 heavy (non-hydrogen) atoms. The predicted octanol–water partition coefficient (Wildman–Crippen LogP) is 6.09. The minimum Gasteiger partial charge on any atom is -0.339 e. The quantitative estimate of drug-likeness (QED) is 0.136. The van der Waals surface area contributed by atoms with Crippen LogP contribution in [-0.4, -0.2) is 21.1 Å². The fraction of sp³-hybridized carbons (Fsp3) is 0.0400. The van der Waals surface area contributed by atoms with Gasteiger partial charge in [-0.3, -0.25) is 19.7 Å². The molecule has 0 saturated carbocycles. The van der Waals surface area contributed by atoms with Crippen molar-refractivity contribution in [3.8, 4) is 0 Å². The van der Waals surface area contributed by atoms with Gasteiger partial charge in [0.15, 0.2) is 11.6 Å². The third kappa shape index (κ3) is 4.58. The van der Waals surface area contributed by atoms with Crippen LogP contribution in [0.15, 0.2) is 89.5 Å². The molecule has 0 saturated heterocycles. The monoisotopic (exact) mass is 488 g/mol. The molecule has 0 aliphatic carbocycles. The Balaban J connectivity index is 1.60. The van der Waals surface area contributed by atoms with E-state index in [1.165, 1.54) is 30.3 Å². The molecule has 158 valence electrons. The highest BCUT2D eigenvalue weighted by atomic mass is 79.9. The SMILES string of the molecule is O=C(/C=C/c1cn(CC(=O)c2ccc([N+](=O)[O-])cc2)c2ccccc12)c1cccc(Br)c1. The van der Waals surface area contributed by atoms with Gasteiger partial charge in [0.2, 0.25) is 0 Å². The second kappa shape index (κ2) is 9.11. The number of fused-ring (bicyclic) bond motifs is 1. The molecular weight excluding hydrogens is 472 g/mol. The Hall–Kier alpha value is -3.84. The molecule has 0 aliphatic heterocycles. The van der Waals surface area contributed by atoms with Crippen LogP contribution in [0, 0.1) is 10.1 Å². The number of Topliss-reactive ketones (excluding diaryl/α,β-unsaturated/α-hetero) is 1. The van der Waals surface area contributed by atoms with Gasteiger partial charge in [0.25, 0.3) is 5.69 Å². The average molecular weight is 489 g/mol. The Kier molecular flexibility index (Phi) is 6.09. The van der Waals surface area contributed by atoms with Crippen molar-refractivity contribution in [1.82, 2.24) is 4.57 Å². The first-order valence-electron chi connectivity index (χ1n) is 9.76. The van der Waals surface area contributed by atoms with Crippen LogP contribution in [0.1, 0.15) is 26.3 Å². The van der Waals surface area contributed by atoms with Crippen molar-refractivity contribution >= 4 is 50.2 Å². The summed E-state index contributed by atoms with van der Waals surface area (Å²) in [6, 6.07) is 20.4. The molecule has 0 amide bonds. The summed E-state index contributed by atoms with van der Waals surface area (Å²) in [6.07, 6.45) is 5.10. The number of carbonyl (C=O) groups is 2. The fourth-order valence-electron chi connectivity index (χ4n) is 3.46. The maximum absolute atomic E-state index is 12.8. The minimum atomic E-state index is -0.498. The van der Waals surface area contributed by atoms with E-state index in [9.17, 15) is 19.7 Å². The highest BCUT2D eigenvalue weighted by molar-refractivity contribution is 9.10. The lowest BCUT2D eigenvalue weighted by atomic mass is 10.1. The molecule has 0 fully saturated rings. The summed E-state index contributed by atoms with van der Waals surface area (Å²) in [5.74, 6) is -0.286. The summed E-state index contributed by atoms with van der Waals surface area (Å²) in [4.78, 5) is 35.6. The van der Waals surface area contributed by atoms with E-state index in [0.717, 1.165) is 20.9 Å². The number of rotatable bonds is 7. The molecule has 6 nitrogen and oxygen atoms in total. The van der Waals surface area contributed by atoms with Crippen molar-refractivity contribution in [3.63, 3.8) is 0 Å². The van der Waals surface area contributed by atoms with Crippen molar-refractivity contribution in [3.05, 3.63) is 116 Å². The number of para-hydroxylation sites is 1. The first kappa shape index (κ1) is 21.4. The van der Waals surface area contributed by atoms with Crippen molar-refractivity contribution in [2.45, 2.75) is 6.54 Å². The summed E-state index contributed by atoms with van der Waals surface area (Å²) >= 11 is 3.37. The van der Waals surface area contributed by atoms with E-state index in [1.807, 2.05) is 41.1 Å². The Bertz CT molecular complexity index is 1370. The number of non-ortho nitro benzene ring substituents is 1. The van der Waals surface area contributed by atoms with Crippen LogP contribution in [0.25, 0.3) is 17.0 Å². The second-order valence-corrected chi connectivity index (χ2v) is 8.08. The van der Waals surface area contributed by atoms with Gasteiger partial charge in [0.05, 0.1) is 11.5 Å². The molecular formula is C25H17BrN2O4. The first-order valence-corrected chi connectivity index (χ1v) is 10.6. The van der Waals surface area contributed by atoms with Crippen molar-refractivity contribution in [1.29, 1.82) is 0 Å². The minimum absolute atomic E-state index is 0.0597. The van der Waals surface area contributed by atoms with E-state index in [2.05, 4.69) is 15.9 Å². The van der Waals surface area contributed by atoms with Gasteiger partial charge in [-0.1, -0.05) is 46.3 Å². The topological polar surface area (TPSA) is 82.2 Å². The van der Waals surface area contributed by atoms with Crippen LogP contribution in [0.5, 0.6) is 0 Å². The molecule has 7 heteroatoms. The maximum Gasteiger partial charge on any atom is 0.269 e. The van der Waals surface area contributed by atoms with Gasteiger partial charge >= 0.3 is 0 Å². The summed E-state index contributed by atoms with van der Waals surface area (Å²) in [7, 11) is 0. The van der Waals surface area contributed by atoms with Crippen LogP contribution in [-0.2, 0) is 6.54 Å². The zero-order valence-electron chi connectivity index (χ0n) is 16.8. The average Bonchev–Trinajstić information content (AvgIpc) is 3.15. The summed E-state index contributed by atoms with van der Waals surface area (Å²) < 4.78 is 2.65. The van der Waals surface area contributed by atoms with Gasteiger partial charge in [-0.15, -0.1) is 0 Å². The molecule has 1 heterocycles. The zero-order valence-corrected chi connectivity index (χ0v) is 18.4. The molecule has 0 radical (unpaired) electrons. The van der Waals surface area contributed by atoms with Gasteiger partial charge in [0.1, 0.15) is 0 Å². The van der Waals surface area contributed by atoms with Gasteiger partial charge in [0, 0.05) is 50.4 Å². The smallest absolute Gasteiger partial charge is 0.269 e. The standard InChI is InChI=1S/C25H17BrN2O4/c26-20-5-3-4-18(14-20)24(29)13-10-19-15-27(23-7-2-1-6-22(19)23)16-25(30)17-8-11-21(12-9-17)28(31)32/h1-15H,16H2/b13-10+. The number of aromatic nitrogens is 1. The van der Waals surface area contributed by atoms with E-state index >= 15 is 0 Å². The zero-order chi connectivity index (χ0) is 22.7. The van der Waals surface area contributed by atoms with Crippen LogP contribution >= 0.6 is 15.9 Å².